The van der Waals surface area contributed by atoms with Gasteiger partial charge in [0.15, 0.2) is 0 Å². The molecule has 0 atom stereocenters. The first-order chi connectivity index (χ1) is 6.15. The van der Waals surface area contributed by atoms with Crippen molar-refractivity contribution in [2.24, 2.45) is 5.90 Å². The summed E-state index contributed by atoms with van der Waals surface area (Å²) in [5.41, 5.74) is 0.130. The van der Waals surface area contributed by atoms with Crippen LogP contribution in [-0.2, 0) is 21.6 Å². The molecular formula is C8H7CoNO4. The molecule has 0 fully saturated rings. The van der Waals surface area contributed by atoms with Crippen molar-refractivity contribution in [1.82, 2.24) is 0 Å². The Morgan fingerprint density at radius 2 is 1.86 bits per heavy atom. The van der Waals surface area contributed by atoms with E-state index in [1.165, 1.54) is 24.3 Å². The van der Waals surface area contributed by atoms with Crippen molar-refractivity contribution in [2.75, 3.05) is 0 Å². The van der Waals surface area contributed by atoms with Crippen molar-refractivity contribution in [1.29, 1.82) is 0 Å². The molecule has 77 valence electrons. The molecule has 0 heterocycles. The Labute approximate surface area is 90.0 Å². The summed E-state index contributed by atoms with van der Waals surface area (Å²) < 4.78 is 0. The van der Waals surface area contributed by atoms with E-state index in [4.69, 9.17) is 5.11 Å². The molecule has 0 aliphatic carbocycles. The van der Waals surface area contributed by atoms with E-state index in [1.807, 2.05) is 0 Å². The molecule has 0 aliphatic heterocycles. The SMILES string of the molecule is NOC(=O)c1cccc(C(=O)O)c1.[Co]. The van der Waals surface area contributed by atoms with Crippen LogP contribution < -0.4 is 5.90 Å². The predicted molar refractivity (Wildman–Crippen MR) is 43.0 cm³/mol. The molecule has 1 radical (unpaired) electrons. The number of benzene rings is 1. The fraction of sp³-hybridized carbons (Fsp3) is 0. The second kappa shape index (κ2) is 5.38. The maximum absolute atomic E-state index is 10.8. The summed E-state index contributed by atoms with van der Waals surface area (Å²) in [5, 5.41) is 8.58. The van der Waals surface area contributed by atoms with Crippen LogP contribution in [0.15, 0.2) is 24.3 Å². The summed E-state index contributed by atoms with van der Waals surface area (Å²) >= 11 is 0. The van der Waals surface area contributed by atoms with Gasteiger partial charge in [0.1, 0.15) is 0 Å². The third kappa shape index (κ3) is 2.84. The third-order valence-electron chi connectivity index (χ3n) is 1.45. The average Bonchev–Trinajstić information content (AvgIpc) is 2.17. The monoisotopic (exact) mass is 240 g/mol. The van der Waals surface area contributed by atoms with E-state index in [0.717, 1.165) is 0 Å². The molecule has 1 rings (SSSR count). The number of carbonyl (C=O) groups is 2. The van der Waals surface area contributed by atoms with Crippen LogP contribution in [0.2, 0.25) is 0 Å². The van der Waals surface area contributed by atoms with Crippen LogP contribution in [0.25, 0.3) is 0 Å². The Bertz CT molecular complexity index is 353. The zero-order chi connectivity index (χ0) is 9.84. The minimum Gasteiger partial charge on any atom is -0.478 e. The van der Waals surface area contributed by atoms with Crippen LogP contribution in [0.4, 0.5) is 0 Å². The van der Waals surface area contributed by atoms with Crippen LogP contribution in [-0.4, -0.2) is 17.0 Å². The molecule has 0 saturated carbocycles. The molecule has 1 aromatic rings. The van der Waals surface area contributed by atoms with Crippen molar-refractivity contribution in [3.05, 3.63) is 35.4 Å². The standard InChI is InChI=1S/C8H7NO4.Co/c9-13-8(12)6-3-1-2-5(4-6)7(10)11;/h1-4H,9H2,(H,10,11);. The van der Waals surface area contributed by atoms with Gasteiger partial charge in [0, 0.05) is 16.8 Å². The number of carboxylic acids is 1. The van der Waals surface area contributed by atoms with E-state index >= 15 is 0 Å². The predicted octanol–water partition coefficient (Wildman–Crippen LogP) is 0.413. The molecule has 0 aliphatic rings. The van der Waals surface area contributed by atoms with E-state index < -0.39 is 11.9 Å². The summed E-state index contributed by atoms with van der Waals surface area (Å²) in [6.45, 7) is 0. The molecular weight excluding hydrogens is 233 g/mol. The van der Waals surface area contributed by atoms with E-state index in [0.29, 0.717) is 0 Å². The van der Waals surface area contributed by atoms with Crippen molar-refractivity contribution in [3.8, 4) is 0 Å². The Morgan fingerprint density at radius 3 is 2.36 bits per heavy atom. The fourth-order valence-corrected chi connectivity index (χ4v) is 0.847. The fourth-order valence-electron chi connectivity index (χ4n) is 0.847. The normalized spacial score (nSPS) is 8.64. The maximum atomic E-state index is 10.8. The molecule has 5 nitrogen and oxygen atoms in total. The molecule has 14 heavy (non-hydrogen) atoms. The quantitative estimate of drug-likeness (QED) is 0.731. The van der Waals surface area contributed by atoms with Gasteiger partial charge in [0.25, 0.3) is 0 Å². The summed E-state index contributed by atoms with van der Waals surface area (Å²) in [7, 11) is 0. The smallest absolute Gasteiger partial charge is 0.356 e. The Morgan fingerprint density at radius 1 is 1.29 bits per heavy atom. The van der Waals surface area contributed by atoms with Gasteiger partial charge >= 0.3 is 11.9 Å². The zero-order valence-corrected chi connectivity index (χ0v) is 7.93. The summed E-state index contributed by atoms with van der Waals surface area (Å²) in [6.07, 6.45) is 0. The molecule has 0 bridgehead atoms. The van der Waals surface area contributed by atoms with E-state index in [9.17, 15) is 9.59 Å². The first-order valence-electron chi connectivity index (χ1n) is 3.39. The largest absolute Gasteiger partial charge is 0.478 e. The maximum Gasteiger partial charge on any atom is 0.356 e. The first-order valence-corrected chi connectivity index (χ1v) is 3.39. The molecule has 6 heteroatoms. The number of hydrogen-bond acceptors (Lipinski definition) is 4. The van der Waals surface area contributed by atoms with Crippen LogP contribution in [0.1, 0.15) is 20.7 Å². The number of carbonyl (C=O) groups excluding carboxylic acids is 1. The van der Waals surface area contributed by atoms with Crippen LogP contribution in [0.3, 0.4) is 0 Å². The van der Waals surface area contributed by atoms with Gasteiger partial charge in [-0.3, -0.25) is 0 Å². The van der Waals surface area contributed by atoms with Crippen LogP contribution in [0.5, 0.6) is 0 Å². The first kappa shape index (κ1) is 12.6. The van der Waals surface area contributed by atoms with E-state index in [2.05, 4.69) is 10.7 Å². The number of carboxylic acid groups (broad SMARTS) is 1. The van der Waals surface area contributed by atoms with Gasteiger partial charge in [-0.25, -0.2) is 9.59 Å². The molecule has 0 saturated heterocycles. The zero-order valence-electron chi connectivity index (χ0n) is 6.89. The number of hydrogen-bond donors (Lipinski definition) is 2. The topological polar surface area (TPSA) is 89.6 Å². The minimum atomic E-state index is -1.10. The number of rotatable bonds is 2. The Hall–Kier alpha value is -1.37. The van der Waals surface area contributed by atoms with Gasteiger partial charge in [0.2, 0.25) is 0 Å². The number of nitrogens with two attached hydrogens (primary N) is 1. The van der Waals surface area contributed by atoms with Gasteiger partial charge in [0.05, 0.1) is 11.1 Å². The molecule has 3 N–H and O–H groups in total. The van der Waals surface area contributed by atoms with E-state index in [-0.39, 0.29) is 27.9 Å². The van der Waals surface area contributed by atoms with Gasteiger partial charge in [-0.15, -0.1) is 0 Å². The molecule has 0 unspecified atom stereocenters. The molecule has 0 aromatic heterocycles. The van der Waals surface area contributed by atoms with Gasteiger partial charge in [-0.05, 0) is 18.2 Å². The summed E-state index contributed by atoms with van der Waals surface area (Å²) in [5.74, 6) is 2.77. The Balaban J connectivity index is 0.00000169. The van der Waals surface area contributed by atoms with Crippen molar-refractivity contribution >= 4 is 11.9 Å². The van der Waals surface area contributed by atoms with Crippen molar-refractivity contribution < 1.29 is 36.3 Å². The van der Waals surface area contributed by atoms with Crippen LogP contribution in [0, 0.1) is 0 Å². The summed E-state index contributed by atoms with van der Waals surface area (Å²) in [4.78, 5) is 25.3. The molecule has 1 aromatic carbocycles. The second-order valence-electron chi connectivity index (χ2n) is 2.29. The third-order valence-corrected chi connectivity index (χ3v) is 1.45. The summed E-state index contributed by atoms with van der Waals surface area (Å²) in [6, 6.07) is 5.42. The number of aromatic carboxylic acids is 1. The second-order valence-corrected chi connectivity index (χ2v) is 2.29. The molecule has 0 amide bonds. The van der Waals surface area contributed by atoms with Crippen molar-refractivity contribution in [3.63, 3.8) is 0 Å². The van der Waals surface area contributed by atoms with Gasteiger partial charge < -0.3 is 9.94 Å². The Kier molecular flexibility index (Phi) is 4.85. The molecule has 0 spiro atoms. The van der Waals surface area contributed by atoms with E-state index in [1.54, 1.807) is 0 Å². The van der Waals surface area contributed by atoms with Crippen molar-refractivity contribution in [2.45, 2.75) is 0 Å². The van der Waals surface area contributed by atoms with Gasteiger partial charge in [-0.1, -0.05) is 6.07 Å². The van der Waals surface area contributed by atoms with Crippen LogP contribution >= 0.6 is 0 Å². The average molecular weight is 240 g/mol. The minimum absolute atomic E-state index is 0. The van der Waals surface area contributed by atoms with Gasteiger partial charge in [-0.2, -0.15) is 5.90 Å².